The van der Waals surface area contributed by atoms with E-state index >= 15 is 0 Å². The summed E-state index contributed by atoms with van der Waals surface area (Å²) in [5, 5.41) is 14.3. The number of carboxylic acid groups (broad SMARTS) is 1. The maximum atomic E-state index is 14.4. The van der Waals surface area contributed by atoms with Crippen LogP contribution in [0.3, 0.4) is 0 Å². The number of alkyl halides is 3. The van der Waals surface area contributed by atoms with E-state index in [1.54, 1.807) is 18.2 Å². The zero-order chi connectivity index (χ0) is 25.8. The summed E-state index contributed by atoms with van der Waals surface area (Å²) in [4.78, 5) is 28.5. The van der Waals surface area contributed by atoms with Gasteiger partial charge in [-0.3, -0.25) is 19.9 Å². The van der Waals surface area contributed by atoms with Crippen molar-refractivity contribution >= 4 is 40.8 Å². The summed E-state index contributed by atoms with van der Waals surface area (Å²) in [5.74, 6) is -3.39. The standard InChI is InChI=1S/C23H16ClF4N3O3S/c24-16-6-7-18(29-12-16)22(11-19(32)33,14-8-15(23(26,27)28)10-17(25)9-14)31-21(35)30-20(34)13-4-2-1-3-5-13/h1-10,12H,11H2,(H,32,33)(H2,30,31,34,35). The molecular formula is C23H16ClF4N3O3S. The molecule has 35 heavy (non-hydrogen) atoms. The number of halogens is 5. The van der Waals surface area contributed by atoms with E-state index in [9.17, 15) is 32.3 Å². The summed E-state index contributed by atoms with van der Waals surface area (Å²) in [5.41, 5.74) is -3.80. The topological polar surface area (TPSA) is 91.3 Å². The Labute approximate surface area is 206 Å². The first-order valence-electron chi connectivity index (χ1n) is 9.81. The number of aromatic nitrogens is 1. The molecule has 0 aliphatic rings. The Morgan fingerprint density at radius 3 is 2.26 bits per heavy atom. The fraction of sp³-hybridized carbons (Fsp3) is 0.130. The van der Waals surface area contributed by atoms with Crippen LogP contribution in [-0.4, -0.2) is 27.1 Å². The molecule has 0 spiro atoms. The number of rotatable bonds is 6. The lowest BCUT2D eigenvalue weighted by Crippen LogP contribution is -2.53. The van der Waals surface area contributed by atoms with Crippen molar-refractivity contribution in [3.63, 3.8) is 0 Å². The third-order valence-corrected chi connectivity index (χ3v) is 5.32. The molecule has 3 rings (SSSR count). The number of amides is 1. The van der Waals surface area contributed by atoms with Crippen molar-refractivity contribution < 1.29 is 32.3 Å². The molecule has 0 aliphatic carbocycles. The predicted molar refractivity (Wildman–Crippen MR) is 123 cm³/mol. The van der Waals surface area contributed by atoms with Gasteiger partial charge in [-0.25, -0.2) is 4.39 Å². The van der Waals surface area contributed by atoms with Gasteiger partial charge in [-0.2, -0.15) is 13.2 Å². The van der Waals surface area contributed by atoms with Crippen molar-refractivity contribution in [3.05, 3.63) is 100 Å². The number of thiocarbonyl (C=S) groups is 1. The molecule has 0 aliphatic heterocycles. The lowest BCUT2D eigenvalue weighted by atomic mass is 9.82. The lowest BCUT2D eigenvalue weighted by molar-refractivity contribution is -0.138. The first-order valence-corrected chi connectivity index (χ1v) is 10.6. The third kappa shape index (κ3) is 6.31. The quantitative estimate of drug-likeness (QED) is 0.313. The van der Waals surface area contributed by atoms with Gasteiger partial charge in [-0.05, 0) is 60.2 Å². The Morgan fingerprint density at radius 2 is 1.69 bits per heavy atom. The van der Waals surface area contributed by atoms with E-state index in [2.05, 4.69) is 15.6 Å². The van der Waals surface area contributed by atoms with E-state index in [0.717, 1.165) is 12.3 Å². The number of carboxylic acids is 1. The zero-order valence-corrected chi connectivity index (χ0v) is 19.1. The first kappa shape index (κ1) is 26.0. The maximum absolute atomic E-state index is 14.4. The van der Waals surface area contributed by atoms with Crippen LogP contribution in [-0.2, 0) is 16.5 Å². The number of nitrogens with zero attached hydrogens (tertiary/aromatic N) is 1. The highest BCUT2D eigenvalue weighted by Crippen LogP contribution is 2.37. The molecule has 3 aromatic rings. The summed E-state index contributed by atoms with van der Waals surface area (Å²) in [7, 11) is 0. The molecule has 12 heteroatoms. The van der Waals surface area contributed by atoms with Crippen molar-refractivity contribution in [2.75, 3.05) is 0 Å². The largest absolute Gasteiger partial charge is 0.481 e. The van der Waals surface area contributed by atoms with Gasteiger partial charge in [0.15, 0.2) is 5.11 Å². The fourth-order valence-electron chi connectivity index (χ4n) is 3.37. The SMILES string of the molecule is O=C(O)CC(NC(=S)NC(=O)c1ccccc1)(c1cc(F)cc(C(F)(F)F)c1)c1ccc(Cl)cn1. The van der Waals surface area contributed by atoms with Crippen LogP contribution in [0.4, 0.5) is 17.6 Å². The van der Waals surface area contributed by atoms with Crippen LogP contribution in [0, 0.1) is 5.82 Å². The van der Waals surface area contributed by atoms with Crippen LogP contribution in [0.5, 0.6) is 0 Å². The molecule has 3 N–H and O–H groups in total. The number of pyridine rings is 1. The molecule has 0 saturated heterocycles. The number of aliphatic carboxylic acids is 1. The van der Waals surface area contributed by atoms with Gasteiger partial charge in [0.1, 0.15) is 11.4 Å². The van der Waals surface area contributed by atoms with Crippen LogP contribution < -0.4 is 10.6 Å². The predicted octanol–water partition coefficient (Wildman–Crippen LogP) is 4.92. The summed E-state index contributed by atoms with van der Waals surface area (Å²) < 4.78 is 54.7. The second-order valence-corrected chi connectivity index (χ2v) is 8.18. The van der Waals surface area contributed by atoms with Gasteiger partial charge in [0.05, 0.1) is 22.7 Å². The highest BCUT2D eigenvalue weighted by atomic mass is 35.5. The van der Waals surface area contributed by atoms with Crippen LogP contribution in [0.1, 0.15) is 33.6 Å². The minimum absolute atomic E-state index is 0.126. The second kappa shape index (κ2) is 10.4. The molecule has 0 bridgehead atoms. The van der Waals surface area contributed by atoms with Crippen molar-refractivity contribution in [1.82, 2.24) is 15.6 Å². The van der Waals surface area contributed by atoms with Gasteiger partial charge in [0.2, 0.25) is 0 Å². The number of carbonyl (C=O) groups is 2. The van der Waals surface area contributed by atoms with Gasteiger partial charge >= 0.3 is 12.1 Å². The lowest BCUT2D eigenvalue weighted by Gasteiger charge is -2.35. The summed E-state index contributed by atoms with van der Waals surface area (Å²) in [6.07, 6.45) is -4.70. The number of hydrogen-bond donors (Lipinski definition) is 3. The van der Waals surface area contributed by atoms with E-state index < -0.39 is 52.1 Å². The average molecular weight is 526 g/mol. The molecule has 0 radical (unpaired) electrons. The van der Waals surface area contributed by atoms with Gasteiger partial charge in [-0.1, -0.05) is 29.8 Å². The van der Waals surface area contributed by atoms with Gasteiger partial charge in [0, 0.05) is 11.8 Å². The van der Waals surface area contributed by atoms with Crippen LogP contribution in [0.2, 0.25) is 5.02 Å². The van der Waals surface area contributed by atoms with Crippen molar-refractivity contribution in [2.45, 2.75) is 18.1 Å². The number of carbonyl (C=O) groups excluding carboxylic acids is 1. The molecular weight excluding hydrogens is 510 g/mol. The Bertz CT molecular complexity index is 1260. The molecule has 1 amide bonds. The summed E-state index contributed by atoms with van der Waals surface area (Å²) >= 11 is 11.1. The van der Waals surface area contributed by atoms with Gasteiger partial charge in [-0.15, -0.1) is 0 Å². The first-order chi connectivity index (χ1) is 16.4. The fourth-order valence-corrected chi connectivity index (χ4v) is 3.74. The third-order valence-electron chi connectivity index (χ3n) is 4.89. The number of nitrogens with one attached hydrogen (secondary N) is 2. The Balaban J connectivity index is 2.15. The average Bonchev–Trinajstić information content (AvgIpc) is 2.78. The highest BCUT2D eigenvalue weighted by Gasteiger charge is 2.42. The minimum atomic E-state index is -4.93. The Morgan fingerprint density at radius 1 is 1.03 bits per heavy atom. The van der Waals surface area contributed by atoms with Crippen LogP contribution in [0.15, 0.2) is 66.9 Å². The van der Waals surface area contributed by atoms with Crippen molar-refractivity contribution in [3.8, 4) is 0 Å². The second-order valence-electron chi connectivity index (χ2n) is 7.34. The molecule has 1 aromatic heterocycles. The normalized spacial score (nSPS) is 12.9. The highest BCUT2D eigenvalue weighted by molar-refractivity contribution is 7.80. The van der Waals surface area contributed by atoms with E-state index in [4.69, 9.17) is 23.8 Å². The van der Waals surface area contributed by atoms with Gasteiger partial charge < -0.3 is 10.4 Å². The zero-order valence-electron chi connectivity index (χ0n) is 17.6. The smallest absolute Gasteiger partial charge is 0.416 e. The molecule has 1 atom stereocenters. The van der Waals surface area contributed by atoms with E-state index in [0.29, 0.717) is 6.07 Å². The van der Waals surface area contributed by atoms with E-state index in [-0.39, 0.29) is 22.3 Å². The summed E-state index contributed by atoms with van der Waals surface area (Å²) in [6.45, 7) is 0. The monoisotopic (exact) mass is 525 g/mol. The van der Waals surface area contributed by atoms with Gasteiger partial charge in [0.25, 0.3) is 5.91 Å². The molecule has 182 valence electrons. The number of hydrogen-bond acceptors (Lipinski definition) is 4. The molecule has 6 nitrogen and oxygen atoms in total. The maximum Gasteiger partial charge on any atom is 0.416 e. The minimum Gasteiger partial charge on any atom is -0.481 e. The molecule has 2 aromatic carbocycles. The van der Waals surface area contributed by atoms with Crippen LogP contribution >= 0.6 is 23.8 Å². The van der Waals surface area contributed by atoms with Crippen molar-refractivity contribution in [1.29, 1.82) is 0 Å². The summed E-state index contributed by atoms with van der Waals surface area (Å²) in [6, 6.07) is 12.1. The Kier molecular flexibility index (Phi) is 7.71. The Hall–Kier alpha value is -3.57. The number of benzene rings is 2. The van der Waals surface area contributed by atoms with E-state index in [1.807, 2.05) is 0 Å². The molecule has 0 saturated carbocycles. The molecule has 1 heterocycles. The molecule has 1 unspecified atom stereocenters. The van der Waals surface area contributed by atoms with Crippen LogP contribution in [0.25, 0.3) is 0 Å². The molecule has 0 fully saturated rings. The van der Waals surface area contributed by atoms with E-state index in [1.165, 1.54) is 24.3 Å². The van der Waals surface area contributed by atoms with Crippen molar-refractivity contribution in [2.24, 2.45) is 0 Å².